The zero-order valence-corrected chi connectivity index (χ0v) is 16.9. The number of nitrogens with zero attached hydrogens (tertiary/aromatic N) is 1. The van der Waals surface area contributed by atoms with Gasteiger partial charge in [-0.25, -0.2) is 8.42 Å². The van der Waals surface area contributed by atoms with E-state index in [9.17, 15) is 13.2 Å². The van der Waals surface area contributed by atoms with E-state index < -0.39 is 10.0 Å². The lowest BCUT2D eigenvalue weighted by atomic mass is 10.1. The number of halogens is 1. The van der Waals surface area contributed by atoms with Crippen molar-refractivity contribution in [1.82, 2.24) is 4.31 Å². The molecule has 0 bridgehead atoms. The number of hydrogen-bond donors (Lipinski definition) is 1. The number of benzene rings is 2. The summed E-state index contributed by atoms with van der Waals surface area (Å²) in [6.45, 7) is 7.44. The van der Waals surface area contributed by atoms with E-state index in [-0.39, 0.29) is 23.9 Å². The van der Waals surface area contributed by atoms with Crippen molar-refractivity contribution in [3.8, 4) is 0 Å². The Kier molecular flexibility index (Phi) is 6.44. The van der Waals surface area contributed by atoms with Gasteiger partial charge in [-0.2, -0.15) is 4.31 Å². The molecule has 0 radical (unpaired) electrons. The SMILES string of the molecule is CCN(CC(=O)Nc1c(C)cc(C)cc1C)S(=O)(=O)c1ccc(Cl)cc1. The second-order valence-electron chi connectivity index (χ2n) is 6.21. The van der Waals surface area contributed by atoms with E-state index in [0.29, 0.717) is 5.02 Å². The maximum absolute atomic E-state index is 12.7. The van der Waals surface area contributed by atoms with E-state index in [2.05, 4.69) is 5.32 Å². The largest absolute Gasteiger partial charge is 0.324 e. The zero-order valence-electron chi connectivity index (χ0n) is 15.3. The molecule has 1 N–H and O–H groups in total. The van der Waals surface area contributed by atoms with Crippen molar-refractivity contribution in [2.75, 3.05) is 18.4 Å². The number of hydrogen-bond acceptors (Lipinski definition) is 3. The number of nitrogens with one attached hydrogen (secondary N) is 1. The number of sulfonamides is 1. The highest BCUT2D eigenvalue weighted by Crippen LogP contribution is 2.22. The molecular weight excluding hydrogens is 372 g/mol. The highest BCUT2D eigenvalue weighted by Gasteiger charge is 2.25. The Hall–Kier alpha value is -1.89. The molecule has 0 atom stereocenters. The molecule has 0 saturated heterocycles. The fraction of sp³-hybridized carbons (Fsp3) is 0.316. The topological polar surface area (TPSA) is 66.5 Å². The van der Waals surface area contributed by atoms with Gasteiger partial charge < -0.3 is 5.32 Å². The molecule has 1 amide bonds. The summed E-state index contributed by atoms with van der Waals surface area (Å²) in [6.07, 6.45) is 0. The van der Waals surface area contributed by atoms with Crippen molar-refractivity contribution in [2.45, 2.75) is 32.6 Å². The average molecular weight is 395 g/mol. The minimum absolute atomic E-state index is 0.110. The third-order valence-corrected chi connectivity index (χ3v) is 6.25. The van der Waals surface area contributed by atoms with Crippen molar-refractivity contribution in [1.29, 1.82) is 0 Å². The Morgan fingerprint density at radius 2 is 1.62 bits per heavy atom. The molecule has 2 aromatic rings. The number of anilines is 1. The van der Waals surface area contributed by atoms with Crippen molar-refractivity contribution in [3.63, 3.8) is 0 Å². The Morgan fingerprint density at radius 1 is 1.08 bits per heavy atom. The lowest BCUT2D eigenvalue weighted by Gasteiger charge is -2.21. The van der Waals surface area contributed by atoms with Crippen LogP contribution in [0.5, 0.6) is 0 Å². The Bertz CT molecular complexity index is 886. The van der Waals surface area contributed by atoms with Crippen LogP contribution >= 0.6 is 11.6 Å². The molecule has 0 unspecified atom stereocenters. The summed E-state index contributed by atoms with van der Waals surface area (Å²) >= 11 is 5.82. The van der Waals surface area contributed by atoms with E-state index in [0.717, 1.165) is 26.7 Å². The Morgan fingerprint density at radius 3 is 2.12 bits per heavy atom. The second kappa shape index (κ2) is 8.20. The van der Waals surface area contributed by atoms with E-state index in [1.165, 1.54) is 24.3 Å². The molecular formula is C19H23ClN2O3S. The molecule has 0 fully saturated rings. The van der Waals surface area contributed by atoms with Gasteiger partial charge in [-0.1, -0.05) is 36.2 Å². The molecule has 0 spiro atoms. The van der Waals surface area contributed by atoms with Gasteiger partial charge in [0.2, 0.25) is 15.9 Å². The molecule has 0 saturated carbocycles. The second-order valence-corrected chi connectivity index (χ2v) is 8.58. The number of carbonyl (C=O) groups excluding carboxylic acids is 1. The van der Waals surface area contributed by atoms with E-state index in [1.54, 1.807) is 6.92 Å². The van der Waals surface area contributed by atoms with Crippen LogP contribution < -0.4 is 5.32 Å². The predicted octanol–water partition coefficient (Wildman–Crippen LogP) is 3.91. The van der Waals surface area contributed by atoms with Crippen molar-refractivity contribution < 1.29 is 13.2 Å². The Labute approximate surface area is 160 Å². The van der Waals surface area contributed by atoms with Crippen LogP contribution in [-0.4, -0.2) is 31.7 Å². The van der Waals surface area contributed by atoms with Crippen LogP contribution in [0.4, 0.5) is 5.69 Å². The molecule has 140 valence electrons. The molecule has 0 aliphatic heterocycles. The summed E-state index contributed by atoms with van der Waals surface area (Å²) in [6, 6.07) is 9.86. The minimum atomic E-state index is -3.77. The first-order valence-electron chi connectivity index (χ1n) is 8.28. The summed E-state index contributed by atoms with van der Waals surface area (Å²) in [5.74, 6) is -0.376. The maximum atomic E-state index is 12.7. The van der Waals surface area contributed by atoms with E-state index >= 15 is 0 Å². The van der Waals surface area contributed by atoms with Crippen LogP contribution in [0.1, 0.15) is 23.6 Å². The average Bonchev–Trinajstić information content (AvgIpc) is 2.56. The summed E-state index contributed by atoms with van der Waals surface area (Å²) in [5, 5.41) is 3.29. The molecule has 0 aliphatic carbocycles. The minimum Gasteiger partial charge on any atom is -0.324 e. The van der Waals surface area contributed by atoms with Gasteiger partial charge in [0, 0.05) is 17.3 Å². The smallest absolute Gasteiger partial charge is 0.243 e. The van der Waals surface area contributed by atoms with Gasteiger partial charge in [0.05, 0.1) is 11.4 Å². The zero-order chi connectivity index (χ0) is 19.5. The summed E-state index contributed by atoms with van der Waals surface area (Å²) in [5.41, 5.74) is 3.72. The van der Waals surface area contributed by atoms with E-state index in [4.69, 9.17) is 11.6 Å². The van der Waals surface area contributed by atoms with Crippen LogP contribution in [0.3, 0.4) is 0 Å². The quantitative estimate of drug-likeness (QED) is 0.807. The van der Waals surface area contributed by atoms with E-state index in [1.807, 2.05) is 32.9 Å². The van der Waals surface area contributed by atoms with Gasteiger partial charge >= 0.3 is 0 Å². The van der Waals surface area contributed by atoms with Crippen LogP contribution in [0.25, 0.3) is 0 Å². The number of likely N-dealkylation sites (N-methyl/N-ethyl adjacent to an activating group) is 1. The fourth-order valence-corrected chi connectivity index (χ4v) is 4.37. The molecule has 0 aromatic heterocycles. The van der Waals surface area contributed by atoms with Crippen LogP contribution in [0.15, 0.2) is 41.3 Å². The van der Waals surface area contributed by atoms with Crippen LogP contribution in [0, 0.1) is 20.8 Å². The number of aryl methyl sites for hydroxylation is 3. The highest BCUT2D eigenvalue weighted by molar-refractivity contribution is 7.89. The first-order chi connectivity index (χ1) is 12.1. The lowest BCUT2D eigenvalue weighted by molar-refractivity contribution is -0.116. The maximum Gasteiger partial charge on any atom is 0.243 e. The molecule has 0 heterocycles. The van der Waals surface area contributed by atoms with Crippen LogP contribution in [0.2, 0.25) is 5.02 Å². The van der Waals surface area contributed by atoms with Crippen molar-refractivity contribution in [2.24, 2.45) is 0 Å². The van der Waals surface area contributed by atoms with Gasteiger partial charge in [0.1, 0.15) is 0 Å². The van der Waals surface area contributed by atoms with Crippen molar-refractivity contribution >= 4 is 33.2 Å². The van der Waals surface area contributed by atoms with Gasteiger partial charge in [0.15, 0.2) is 0 Å². The number of carbonyl (C=O) groups is 1. The normalized spacial score (nSPS) is 11.6. The standard InChI is InChI=1S/C19H23ClN2O3S/c1-5-22(26(24,25)17-8-6-16(20)7-9-17)12-18(23)21-19-14(3)10-13(2)11-15(19)4/h6-11H,5,12H2,1-4H3,(H,21,23). The van der Waals surface area contributed by atoms with Gasteiger partial charge in [-0.05, 0) is 56.2 Å². The van der Waals surface area contributed by atoms with Crippen LogP contribution in [-0.2, 0) is 14.8 Å². The van der Waals surface area contributed by atoms with Gasteiger partial charge in [0.25, 0.3) is 0 Å². The molecule has 2 rings (SSSR count). The van der Waals surface area contributed by atoms with Gasteiger partial charge in [-0.3, -0.25) is 4.79 Å². The number of amides is 1. The number of rotatable bonds is 6. The Balaban J connectivity index is 2.19. The first-order valence-corrected chi connectivity index (χ1v) is 10.1. The lowest BCUT2D eigenvalue weighted by Crippen LogP contribution is -2.38. The first kappa shape index (κ1) is 20.4. The highest BCUT2D eigenvalue weighted by atomic mass is 35.5. The molecule has 0 aliphatic rings. The summed E-state index contributed by atoms with van der Waals surface area (Å²) < 4.78 is 26.6. The van der Waals surface area contributed by atoms with Gasteiger partial charge in [-0.15, -0.1) is 0 Å². The summed E-state index contributed by atoms with van der Waals surface area (Å²) in [4.78, 5) is 12.6. The molecule has 26 heavy (non-hydrogen) atoms. The fourth-order valence-electron chi connectivity index (χ4n) is 2.84. The third kappa shape index (κ3) is 4.63. The summed E-state index contributed by atoms with van der Waals surface area (Å²) in [7, 11) is -3.77. The molecule has 5 nitrogen and oxygen atoms in total. The third-order valence-electron chi connectivity index (χ3n) is 4.07. The van der Waals surface area contributed by atoms with Crippen molar-refractivity contribution in [3.05, 3.63) is 58.1 Å². The predicted molar refractivity (Wildman–Crippen MR) is 105 cm³/mol. The molecule has 2 aromatic carbocycles. The molecule has 7 heteroatoms. The monoisotopic (exact) mass is 394 g/mol.